The minimum atomic E-state index is -0.976. The van der Waals surface area contributed by atoms with Gasteiger partial charge in [0.1, 0.15) is 5.65 Å². The van der Waals surface area contributed by atoms with E-state index in [1.54, 1.807) is 18.2 Å². The average molecular weight is 428 g/mol. The zero-order valence-corrected chi connectivity index (χ0v) is 18.2. The van der Waals surface area contributed by atoms with Gasteiger partial charge >= 0.3 is 11.9 Å². The molecule has 0 amide bonds. The number of imidazole rings is 1. The molecule has 0 spiro atoms. The number of fused-ring (bicyclic) bond motifs is 1. The third-order valence-corrected chi connectivity index (χ3v) is 5.49. The molecule has 0 saturated heterocycles. The quantitative estimate of drug-likeness (QED) is 0.426. The van der Waals surface area contributed by atoms with Crippen LogP contribution in [0.25, 0.3) is 16.8 Å². The lowest BCUT2D eigenvalue weighted by Crippen LogP contribution is -2.13. The largest absolute Gasteiger partial charge is 0.478 e. The van der Waals surface area contributed by atoms with Gasteiger partial charge in [-0.1, -0.05) is 55.5 Å². The molecule has 0 aliphatic heterocycles. The fraction of sp³-hybridized carbons (Fsp3) is 0.192. The first-order valence-corrected chi connectivity index (χ1v) is 10.5. The van der Waals surface area contributed by atoms with Gasteiger partial charge in [0, 0.05) is 13.1 Å². The van der Waals surface area contributed by atoms with E-state index >= 15 is 0 Å². The number of hydrogen-bond acceptors (Lipinski definition) is 4. The van der Waals surface area contributed by atoms with Crippen LogP contribution in [0.2, 0.25) is 0 Å². The van der Waals surface area contributed by atoms with Crippen molar-refractivity contribution in [1.29, 1.82) is 0 Å². The molecular weight excluding hydrogens is 404 g/mol. The Hall–Kier alpha value is -3.93. The van der Waals surface area contributed by atoms with E-state index in [4.69, 9.17) is 9.72 Å². The number of hydrogen-bond donors (Lipinski definition) is 1. The van der Waals surface area contributed by atoms with Gasteiger partial charge in [-0.05, 0) is 47.7 Å². The zero-order chi connectivity index (χ0) is 22.8. The highest BCUT2D eigenvalue weighted by Gasteiger charge is 2.22. The van der Waals surface area contributed by atoms with Crippen molar-refractivity contribution in [2.24, 2.45) is 0 Å². The minimum absolute atomic E-state index is 0.238. The number of carboxylic acid groups (broad SMARTS) is 1. The second-order valence-corrected chi connectivity index (χ2v) is 7.68. The van der Waals surface area contributed by atoms with E-state index in [0.29, 0.717) is 5.56 Å². The van der Waals surface area contributed by atoms with Crippen LogP contribution in [0.15, 0.2) is 66.9 Å². The van der Waals surface area contributed by atoms with Crippen molar-refractivity contribution in [2.45, 2.75) is 33.3 Å². The van der Waals surface area contributed by atoms with Gasteiger partial charge in [0.05, 0.1) is 17.0 Å². The van der Waals surface area contributed by atoms with Gasteiger partial charge in [0.25, 0.3) is 0 Å². The van der Waals surface area contributed by atoms with Gasteiger partial charge in [-0.2, -0.15) is 0 Å². The fourth-order valence-electron chi connectivity index (χ4n) is 3.88. The molecular formula is C26H24N2O4. The molecule has 4 aromatic rings. The Kier molecular flexibility index (Phi) is 5.77. The summed E-state index contributed by atoms with van der Waals surface area (Å²) in [6.45, 7) is 5.44. The predicted molar refractivity (Wildman–Crippen MR) is 122 cm³/mol. The van der Waals surface area contributed by atoms with Crippen LogP contribution in [0.4, 0.5) is 0 Å². The molecule has 6 nitrogen and oxygen atoms in total. The predicted octanol–water partition coefficient (Wildman–Crippen LogP) is 5.22. The maximum Gasteiger partial charge on any atom is 0.336 e. The summed E-state index contributed by atoms with van der Waals surface area (Å²) < 4.78 is 7.72. The Bertz CT molecular complexity index is 1310. The first-order chi connectivity index (χ1) is 15.4. The number of rotatable bonds is 6. The lowest BCUT2D eigenvalue weighted by Gasteiger charge is -2.20. The van der Waals surface area contributed by atoms with E-state index in [-0.39, 0.29) is 11.5 Å². The third-order valence-electron chi connectivity index (χ3n) is 5.49. The lowest BCUT2D eigenvalue weighted by molar-refractivity contribution is -0.145. The standard InChI is InChI=1S/C26H24N2O4/c1-4-20-15-28-23(14-9-16(2)25(28)27-20)24(32-17(3)29)19-12-10-18(11-13-19)21-7-5-6-8-22(21)26(30)31/h5-15,24H,4H2,1-3H3,(H,30,31). The maximum atomic E-state index is 12.0. The first kappa shape index (κ1) is 21.3. The summed E-state index contributed by atoms with van der Waals surface area (Å²) in [6.07, 6.45) is 2.15. The van der Waals surface area contributed by atoms with Crippen molar-refractivity contribution < 1.29 is 19.4 Å². The zero-order valence-electron chi connectivity index (χ0n) is 18.2. The number of aryl methyl sites for hydroxylation is 2. The van der Waals surface area contributed by atoms with Gasteiger partial charge in [0.15, 0.2) is 6.10 Å². The number of aromatic nitrogens is 2. The van der Waals surface area contributed by atoms with Crippen molar-refractivity contribution >= 4 is 17.6 Å². The Morgan fingerprint density at radius 1 is 1.06 bits per heavy atom. The number of aromatic carboxylic acids is 1. The second kappa shape index (κ2) is 8.67. The Balaban J connectivity index is 1.80. The van der Waals surface area contributed by atoms with Crippen LogP contribution in [0.3, 0.4) is 0 Å². The van der Waals surface area contributed by atoms with E-state index in [0.717, 1.165) is 40.1 Å². The van der Waals surface area contributed by atoms with Crippen molar-refractivity contribution in [3.8, 4) is 11.1 Å². The van der Waals surface area contributed by atoms with Gasteiger partial charge in [0.2, 0.25) is 0 Å². The van der Waals surface area contributed by atoms with Crippen LogP contribution < -0.4 is 0 Å². The molecule has 2 heterocycles. The molecule has 0 saturated carbocycles. The Labute approximate surface area is 186 Å². The van der Waals surface area contributed by atoms with E-state index in [9.17, 15) is 14.7 Å². The maximum absolute atomic E-state index is 12.0. The molecule has 0 fully saturated rings. The summed E-state index contributed by atoms with van der Waals surface area (Å²) in [5, 5.41) is 9.50. The number of benzene rings is 2. The molecule has 0 bridgehead atoms. The van der Waals surface area contributed by atoms with E-state index in [1.807, 2.05) is 66.9 Å². The van der Waals surface area contributed by atoms with Crippen LogP contribution in [0.1, 0.15) is 52.8 Å². The van der Waals surface area contributed by atoms with Gasteiger partial charge in [-0.15, -0.1) is 0 Å². The number of carboxylic acids is 1. The molecule has 162 valence electrons. The van der Waals surface area contributed by atoms with Crippen LogP contribution >= 0.6 is 0 Å². The molecule has 6 heteroatoms. The van der Waals surface area contributed by atoms with E-state index in [2.05, 4.69) is 0 Å². The average Bonchev–Trinajstić information content (AvgIpc) is 3.24. The van der Waals surface area contributed by atoms with Gasteiger partial charge in [-0.25, -0.2) is 9.78 Å². The number of ether oxygens (including phenoxy) is 1. The summed E-state index contributed by atoms with van der Waals surface area (Å²) in [5.41, 5.74) is 6.07. The summed E-state index contributed by atoms with van der Waals surface area (Å²) in [7, 11) is 0. The summed E-state index contributed by atoms with van der Waals surface area (Å²) >= 11 is 0. The van der Waals surface area contributed by atoms with Crippen molar-refractivity contribution in [2.75, 3.05) is 0 Å². The van der Waals surface area contributed by atoms with E-state index < -0.39 is 12.1 Å². The number of carbonyl (C=O) groups excluding carboxylic acids is 1. The van der Waals surface area contributed by atoms with Gasteiger partial charge in [-0.3, -0.25) is 9.20 Å². The fourth-order valence-corrected chi connectivity index (χ4v) is 3.88. The van der Waals surface area contributed by atoms with Crippen LogP contribution in [0.5, 0.6) is 0 Å². The molecule has 32 heavy (non-hydrogen) atoms. The minimum Gasteiger partial charge on any atom is -0.478 e. The topological polar surface area (TPSA) is 80.9 Å². The molecule has 1 N–H and O–H groups in total. The smallest absolute Gasteiger partial charge is 0.336 e. The Morgan fingerprint density at radius 3 is 2.44 bits per heavy atom. The molecule has 4 rings (SSSR count). The number of esters is 1. The van der Waals surface area contributed by atoms with Crippen molar-refractivity contribution in [3.63, 3.8) is 0 Å². The molecule has 0 aliphatic carbocycles. The third kappa shape index (κ3) is 3.99. The van der Waals surface area contributed by atoms with Crippen LogP contribution in [0, 0.1) is 6.92 Å². The van der Waals surface area contributed by atoms with Crippen molar-refractivity contribution in [3.05, 3.63) is 94.9 Å². The molecule has 2 aromatic carbocycles. The number of nitrogens with zero attached hydrogens (tertiary/aromatic N) is 2. The highest BCUT2D eigenvalue weighted by Crippen LogP contribution is 2.31. The second-order valence-electron chi connectivity index (χ2n) is 7.68. The highest BCUT2D eigenvalue weighted by atomic mass is 16.5. The van der Waals surface area contributed by atoms with Crippen molar-refractivity contribution in [1.82, 2.24) is 9.38 Å². The molecule has 0 aliphatic rings. The number of pyridine rings is 1. The first-order valence-electron chi connectivity index (χ1n) is 10.5. The van der Waals surface area contributed by atoms with Gasteiger partial charge < -0.3 is 9.84 Å². The highest BCUT2D eigenvalue weighted by molar-refractivity contribution is 5.96. The normalized spacial score (nSPS) is 12.0. The molecule has 1 unspecified atom stereocenters. The summed E-state index contributed by atoms with van der Waals surface area (Å²) in [4.78, 5) is 28.2. The molecule has 0 radical (unpaired) electrons. The number of carbonyl (C=O) groups is 2. The molecule has 2 aromatic heterocycles. The monoisotopic (exact) mass is 428 g/mol. The van der Waals surface area contributed by atoms with Crippen LogP contribution in [-0.2, 0) is 16.0 Å². The SMILES string of the molecule is CCc1cn2c(C(OC(C)=O)c3ccc(-c4ccccc4C(=O)O)cc3)ccc(C)c2n1. The Morgan fingerprint density at radius 2 is 1.78 bits per heavy atom. The lowest BCUT2D eigenvalue weighted by atomic mass is 9.97. The summed E-state index contributed by atoms with van der Waals surface area (Å²) in [6, 6.07) is 18.2. The summed E-state index contributed by atoms with van der Waals surface area (Å²) in [5.74, 6) is -1.36. The molecule has 1 atom stereocenters. The van der Waals surface area contributed by atoms with E-state index in [1.165, 1.54) is 6.92 Å². The van der Waals surface area contributed by atoms with Crippen LogP contribution in [-0.4, -0.2) is 26.4 Å².